The summed E-state index contributed by atoms with van der Waals surface area (Å²) in [7, 11) is 0. The predicted octanol–water partition coefficient (Wildman–Crippen LogP) is 4.76. The van der Waals surface area contributed by atoms with Gasteiger partial charge in [0.2, 0.25) is 0 Å². The Hall–Kier alpha value is -1.34. The topological polar surface area (TPSA) is 0 Å². The van der Waals surface area contributed by atoms with Gasteiger partial charge >= 0.3 is 0 Å². The summed E-state index contributed by atoms with van der Waals surface area (Å²) in [6.45, 7) is 3.76. The van der Waals surface area contributed by atoms with Crippen LogP contribution in [0.4, 0.5) is 0 Å². The standard InChI is InChI=1S/C14H11Br/c1-2-11-8-9-13(10-14(11)15)12-6-4-3-5-7-12/h2-10H,1H2. The highest BCUT2D eigenvalue weighted by molar-refractivity contribution is 9.10. The van der Waals surface area contributed by atoms with Gasteiger partial charge in [-0.25, -0.2) is 0 Å². The monoisotopic (exact) mass is 258 g/mol. The fraction of sp³-hybridized carbons (Fsp3) is 0. The highest BCUT2D eigenvalue weighted by atomic mass is 79.9. The van der Waals surface area contributed by atoms with Crippen molar-refractivity contribution in [2.75, 3.05) is 0 Å². The maximum atomic E-state index is 3.76. The van der Waals surface area contributed by atoms with Crippen molar-refractivity contribution in [1.82, 2.24) is 0 Å². The molecule has 0 aromatic heterocycles. The molecule has 0 bridgehead atoms. The normalized spacial score (nSPS) is 9.93. The van der Waals surface area contributed by atoms with Crippen molar-refractivity contribution in [2.45, 2.75) is 0 Å². The van der Waals surface area contributed by atoms with Gasteiger partial charge in [-0.3, -0.25) is 0 Å². The molecule has 0 aliphatic rings. The minimum atomic E-state index is 1.08. The van der Waals surface area contributed by atoms with Gasteiger partial charge in [-0.1, -0.05) is 71.0 Å². The molecule has 2 aromatic rings. The van der Waals surface area contributed by atoms with E-state index in [0.717, 1.165) is 10.0 Å². The van der Waals surface area contributed by atoms with E-state index >= 15 is 0 Å². The molecule has 0 nitrogen and oxygen atoms in total. The third kappa shape index (κ3) is 2.18. The van der Waals surface area contributed by atoms with E-state index in [1.165, 1.54) is 11.1 Å². The lowest BCUT2D eigenvalue weighted by atomic mass is 10.0. The molecular weight excluding hydrogens is 248 g/mol. The second-order valence-electron chi connectivity index (χ2n) is 3.31. The fourth-order valence-corrected chi connectivity index (χ4v) is 2.04. The summed E-state index contributed by atoms with van der Waals surface area (Å²) in [5, 5.41) is 0. The van der Waals surface area contributed by atoms with Crippen LogP contribution in [0.1, 0.15) is 5.56 Å². The second kappa shape index (κ2) is 4.45. The number of hydrogen-bond donors (Lipinski definition) is 0. The number of hydrogen-bond acceptors (Lipinski definition) is 0. The molecule has 0 aliphatic heterocycles. The van der Waals surface area contributed by atoms with E-state index in [-0.39, 0.29) is 0 Å². The molecule has 0 saturated carbocycles. The van der Waals surface area contributed by atoms with Crippen molar-refractivity contribution in [2.24, 2.45) is 0 Å². The van der Waals surface area contributed by atoms with Crippen LogP contribution in [0, 0.1) is 0 Å². The van der Waals surface area contributed by atoms with E-state index in [0.29, 0.717) is 0 Å². The summed E-state index contributed by atoms with van der Waals surface area (Å²) >= 11 is 3.53. The Bertz CT molecular complexity index is 472. The molecule has 0 unspecified atom stereocenters. The van der Waals surface area contributed by atoms with Crippen LogP contribution in [0.5, 0.6) is 0 Å². The van der Waals surface area contributed by atoms with Gasteiger partial charge in [-0.2, -0.15) is 0 Å². The van der Waals surface area contributed by atoms with Crippen molar-refractivity contribution in [3.63, 3.8) is 0 Å². The van der Waals surface area contributed by atoms with Crippen LogP contribution in [0.3, 0.4) is 0 Å². The zero-order valence-electron chi connectivity index (χ0n) is 8.28. The summed E-state index contributed by atoms with van der Waals surface area (Å²) in [5.41, 5.74) is 3.57. The van der Waals surface area contributed by atoms with Crippen LogP contribution >= 0.6 is 15.9 Å². The summed E-state index contributed by atoms with van der Waals surface area (Å²) in [4.78, 5) is 0. The molecule has 0 aliphatic carbocycles. The van der Waals surface area contributed by atoms with E-state index in [1.807, 2.05) is 24.3 Å². The number of rotatable bonds is 2. The van der Waals surface area contributed by atoms with Gasteiger partial charge in [0.15, 0.2) is 0 Å². The first kappa shape index (κ1) is 10.2. The van der Waals surface area contributed by atoms with Crippen LogP contribution in [0.15, 0.2) is 59.6 Å². The van der Waals surface area contributed by atoms with Crippen LogP contribution < -0.4 is 0 Å². The van der Waals surface area contributed by atoms with E-state index in [9.17, 15) is 0 Å². The Morgan fingerprint density at radius 2 is 1.67 bits per heavy atom. The zero-order valence-corrected chi connectivity index (χ0v) is 9.87. The van der Waals surface area contributed by atoms with Crippen molar-refractivity contribution >= 4 is 22.0 Å². The van der Waals surface area contributed by atoms with Gasteiger partial charge in [0, 0.05) is 4.47 Å². The molecular formula is C14H11Br. The zero-order chi connectivity index (χ0) is 10.7. The van der Waals surface area contributed by atoms with Crippen molar-refractivity contribution in [3.8, 4) is 11.1 Å². The third-order valence-corrected chi connectivity index (χ3v) is 3.01. The molecule has 74 valence electrons. The highest BCUT2D eigenvalue weighted by Crippen LogP contribution is 2.26. The third-order valence-electron chi connectivity index (χ3n) is 2.33. The van der Waals surface area contributed by atoms with Gasteiger partial charge in [-0.05, 0) is 22.8 Å². The Kier molecular flexibility index (Phi) is 3.02. The van der Waals surface area contributed by atoms with Gasteiger partial charge in [0.1, 0.15) is 0 Å². The molecule has 0 heterocycles. The van der Waals surface area contributed by atoms with Gasteiger partial charge < -0.3 is 0 Å². The molecule has 2 rings (SSSR count). The molecule has 0 spiro atoms. The Morgan fingerprint density at radius 1 is 0.933 bits per heavy atom. The summed E-state index contributed by atoms with van der Waals surface area (Å²) in [5.74, 6) is 0. The van der Waals surface area contributed by atoms with Crippen molar-refractivity contribution < 1.29 is 0 Å². The highest BCUT2D eigenvalue weighted by Gasteiger charge is 2.00. The molecule has 0 saturated heterocycles. The minimum absolute atomic E-state index is 1.08. The lowest BCUT2D eigenvalue weighted by molar-refractivity contribution is 1.57. The summed E-state index contributed by atoms with van der Waals surface area (Å²) in [6, 6.07) is 16.6. The quantitative estimate of drug-likeness (QED) is 0.729. The van der Waals surface area contributed by atoms with E-state index in [2.05, 4.69) is 52.8 Å². The molecule has 2 aromatic carbocycles. The van der Waals surface area contributed by atoms with Crippen molar-refractivity contribution in [3.05, 3.63) is 65.1 Å². The molecule has 0 amide bonds. The Morgan fingerprint density at radius 3 is 2.27 bits per heavy atom. The van der Waals surface area contributed by atoms with E-state index < -0.39 is 0 Å². The molecule has 1 heteroatoms. The van der Waals surface area contributed by atoms with Crippen LogP contribution in [0.25, 0.3) is 17.2 Å². The van der Waals surface area contributed by atoms with Gasteiger partial charge in [-0.15, -0.1) is 0 Å². The van der Waals surface area contributed by atoms with Crippen LogP contribution in [-0.2, 0) is 0 Å². The molecule has 15 heavy (non-hydrogen) atoms. The first-order valence-corrected chi connectivity index (χ1v) is 5.58. The van der Waals surface area contributed by atoms with Gasteiger partial charge in [0.05, 0.1) is 0 Å². The average Bonchev–Trinajstić information content (AvgIpc) is 2.30. The van der Waals surface area contributed by atoms with Crippen LogP contribution in [0.2, 0.25) is 0 Å². The van der Waals surface area contributed by atoms with E-state index in [4.69, 9.17) is 0 Å². The molecule has 0 atom stereocenters. The van der Waals surface area contributed by atoms with Gasteiger partial charge in [0.25, 0.3) is 0 Å². The predicted molar refractivity (Wildman–Crippen MR) is 69.7 cm³/mol. The SMILES string of the molecule is C=Cc1ccc(-c2ccccc2)cc1Br. The molecule has 0 radical (unpaired) electrons. The van der Waals surface area contributed by atoms with E-state index in [1.54, 1.807) is 0 Å². The Balaban J connectivity index is 2.47. The lowest BCUT2D eigenvalue weighted by Crippen LogP contribution is -1.80. The first-order chi connectivity index (χ1) is 7.31. The smallest absolute Gasteiger partial charge is 0.0253 e. The summed E-state index contributed by atoms with van der Waals surface area (Å²) < 4.78 is 1.08. The fourth-order valence-electron chi connectivity index (χ4n) is 1.50. The number of halogens is 1. The Labute approximate surface area is 98.4 Å². The molecule has 0 N–H and O–H groups in total. The maximum absolute atomic E-state index is 3.76. The van der Waals surface area contributed by atoms with Crippen LogP contribution in [-0.4, -0.2) is 0 Å². The second-order valence-corrected chi connectivity index (χ2v) is 4.16. The lowest BCUT2D eigenvalue weighted by Gasteiger charge is -2.04. The average molecular weight is 259 g/mol. The van der Waals surface area contributed by atoms with Crippen molar-refractivity contribution in [1.29, 1.82) is 0 Å². The maximum Gasteiger partial charge on any atom is 0.0253 e. The number of benzene rings is 2. The largest absolute Gasteiger partial charge is 0.0984 e. The first-order valence-electron chi connectivity index (χ1n) is 4.78. The molecule has 0 fully saturated rings. The summed E-state index contributed by atoms with van der Waals surface area (Å²) in [6.07, 6.45) is 1.85. The minimum Gasteiger partial charge on any atom is -0.0984 e.